The summed E-state index contributed by atoms with van der Waals surface area (Å²) in [5, 5.41) is 8.92. The van der Waals surface area contributed by atoms with Crippen molar-refractivity contribution >= 4 is 5.97 Å². The Morgan fingerprint density at radius 2 is 1.56 bits per heavy atom. The van der Waals surface area contributed by atoms with E-state index in [0.717, 1.165) is 29.7 Å². The second kappa shape index (κ2) is 6.36. The molecule has 0 heterocycles. The van der Waals surface area contributed by atoms with Gasteiger partial charge in [-0.15, -0.1) is 0 Å². The Kier molecular flexibility index (Phi) is 3.96. The Morgan fingerprint density at radius 1 is 0.926 bits per heavy atom. The number of ether oxygens (including phenoxy) is 1. The minimum absolute atomic E-state index is 0.0439. The zero-order valence-corrected chi connectivity index (χ0v) is 15.1. The van der Waals surface area contributed by atoms with E-state index in [0.29, 0.717) is 11.7 Å². The van der Waals surface area contributed by atoms with E-state index in [1.807, 2.05) is 12.1 Å². The summed E-state index contributed by atoms with van der Waals surface area (Å²) in [5.74, 6) is 3.04. The van der Waals surface area contributed by atoms with Gasteiger partial charge in [-0.05, 0) is 97.6 Å². The van der Waals surface area contributed by atoms with Crippen LogP contribution in [0.25, 0.3) is 0 Å². The molecule has 4 aliphatic carbocycles. The lowest BCUT2D eigenvalue weighted by Crippen LogP contribution is -2.43. The number of benzene rings is 2. The summed E-state index contributed by atoms with van der Waals surface area (Å²) < 4.78 is 19.7. The molecule has 0 spiro atoms. The molecule has 4 saturated carbocycles. The first-order valence-corrected chi connectivity index (χ1v) is 9.87. The van der Waals surface area contributed by atoms with Crippen molar-refractivity contribution in [2.75, 3.05) is 0 Å². The summed E-state index contributed by atoms with van der Waals surface area (Å²) in [5.41, 5.74) is 1.30. The van der Waals surface area contributed by atoms with Gasteiger partial charge in [0.25, 0.3) is 0 Å². The van der Waals surface area contributed by atoms with Gasteiger partial charge < -0.3 is 9.84 Å². The molecule has 0 radical (unpaired) electrons. The van der Waals surface area contributed by atoms with E-state index in [1.54, 1.807) is 0 Å². The summed E-state index contributed by atoms with van der Waals surface area (Å²) in [4.78, 5) is 10.9. The van der Waals surface area contributed by atoms with Crippen LogP contribution in [0.3, 0.4) is 0 Å². The Morgan fingerprint density at radius 3 is 2.11 bits per heavy atom. The van der Waals surface area contributed by atoms with E-state index < -0.39 is 11.8 Å². The van der Waals surface area contributed by atoms with Gasteiger partial charge in [-0.1, -0.05) is 12.1 Å². The van der Waals surface area contributed by atoms with Gasteiger partial charge in [0, 0.05) is 0 Å². The van der Waals surface area contributed by atoms with Crippen LogP contribution in [0.4, 0.5) is 4.39 Å². The number of hydrogen-bond acceptors (Lipinski definition) is 2. The molecular weight excluding hydrogens is 343 g/mol. The van der Waals surface area contributed by atoms with Crippen molar-refractivity contribution in [2.24, 2.45) is 23.7 Å². The molecule has 0 aliphatic heterocycles. The van der Waals surface area contributed by atoms with Crippen LogP contribution in [-0.4, -0.2) is 11.1 Å². The molecule has 0 unspecified atom stereocenters. The standard InChI is InChI=1S/C23H23FO3/c24-20-12-16(23(25)26)3-6-21(20)27-19-4-1-15(2-5-19)22-17-8-13-7-14(10-17)11-18(22)9-13/h1-6,12-14,17-18,22H,7-11H2,(H,25,26)/t13-,14+,17-,18+,22?. The first-order chi connectivity index (χ1) is 13.1. The van der Waals surface area contributed by atoms with E-state index >= 15 is 0 Å². The summed E-state index contributed by atoms with van der Waals surface area (Å²) in [7, 11) is 0. The van der Waals surface area contributed by atoms with Crippen LogP contribution in [-0.2, 0) is 0 Å². The van der Waals surface area contributed by atoms with Crippen LogP contribution in [0, 0.1) is 29.5 Å². The largest absolute Gasteiger partial charge is 0.478 e. The maximum Gasteiger partial charge on any atom is 0.335 e. The fourth-order valence-electron chi connectivity index (χ4n) is 6.07. The quantitative estimate of drug-likeness (QED) is 0.738. The third kappa shape index (κ3) is 3.01. The molecular formula is C23H23FO3. The van der Waals surface area contributed by atoms with Gasteiger partial charge in [-0.2, -0.15) is 0 Å². The van der Waals surface area contributed by atoms with Crippen LogP contribution >= 0.6 is 0 Å². The first kappa shape index (κ1) is 16.8. The SMILES string of the molecule is O=C(O)c1ccc(Oc2ccc(C3[C@H]4C[C@@H]5C[C@@H](C[C@H]3C5)C4)cc2)c(F)c1. The molecule has 2 aromatic rings. The van der Waals surface area contributed by atoms with E-state index in [1.165, 1.54) is 49.8 Å². The number of rotatable bonds is 4. The van der Waals surface area contributed by atoms with Gasteiger partial charge in [-0.3, -0.25) is 0 Å². The number of halogens is 1. The molecule has 4 bridgehead atoms. The minimum Gasteiger partial charge on any atom is -0.478 e. The van der Waals surface area contributed by atoms with Crippen molar-refractivity contribution in [3.63, 3.8) is 0 Å². The third-order valence-corrected chi connectivity index (χ3v) is 6.90. The average Bonchev–Trinajstić information content (AvgIpc) is 2.63. The van der Waals surface area contributed by atoms with Gasteiger partial charge in [-0.25, -0.2) is 9.18 Å². The predicted molar refractivity (Wildman–Crippen MR) is 99.7 cm³/mol. The van der Waals surface area contributed by atoms with Gasteiger partial charge in [0.2, 0.25) is 0 Å². The molecule has 0 saturated heterocycles. The van der Waals surface area contributed by atoms with Gasteiger partial charge >= 0.3 is 5.97 Å². The molecule has 2 aromatic carbocycles. The molecule has 4 heteroatoms. The van der Waals surface area contributed by atoms with Crippen LogP contribution in [0.15, 0.2) is 42.5 Å². The first-order valence-electron chi connectivity index (χ1n) is 9.87. The van der Waals surface area contributed by atoms with E-state index in [9.17, 15) is 9.18 Å². The minimum atomic E-state index is -1.15. The highest BCUT2D eigenvalue weighted by atomic mass is 19.1. The number of aromatic carboxylic acids is 1. The lowest BCUT2D eigenvalue weighted by molar-refractivity contribution is -0.00279. The summed E-state index contributed by atoms with van der Waals surface area (Å²) in [6, 6.07) is 11.8. The monoisotopic (exact) mass is 366 g/mol. The highest BCUT2D eigenvalue weighted by Gasteiger charge is 2.48. The van der Waals surface area contributed by atoms with Crippen molar-refractivity contribution in [2.45, 2.75) is 38.0 Å². The zero-order chi connectivity index (χ0) is 18.5. The molecule has 1 N–H and O–H groups in total. The molecule has 4 fully saturated rings. The molecule has 6 rings (SSSR count). The van der Waals surface area contributed by atoms with Crippen LogP contribution in [0.2, 0.25) is 0 Å². The van der Waals surface area contributed by atoms with Crippen LogP contribution in [0.5, 0.6) is 11.5 Å². The lowest BCUT2D eigenvalue weighted by Gasteiger charge is -2.54. The number of hydrogen-bond donors (Lipinski definition) is 1. The van der Waals surface area contributed by atoms with Crippen molar-refractivity contribution < 1.29 is 19.0 Å². The summed E-state index contributed by atoms with van der Waals surface area (Å²) in [6.07, 6.45) is 7.00. The van der Waals surface area contributed by atoms with Crippen molar-refractivity contribution in [1.29, 1.82) is 0 Å². The molecule has 0 amide bonds. The average molecular weight is 366 g/mol. The fraction of sp³-hybridized carbons (Fsp3) is 0.435. The maximum absolute atomic E-state index is 14.1. The Bertz CT molecular complexity index is 846. The fourth-order valence-corrected chi connectivity index (χ4v) is 6.07. The normalized spacial score (nSPS) is 31.1. The zero-order valence-electron chi connectivity index (χ0n) is 15.1. The van der Waals surface area contributed by atoms with Crippen molar-refractivity contribution in [3.8, 4) is 11.5 Å². The highest BCUT2D eigenvalue weighted by Crippen LogP contribution is 2.59. The smallest absolute Gasteiger partial charge is 0.335 e. The summed E-state index contributed by atoms with van der Waals surface area (Å²) in [6.45, 7) is 0. The Balaban J connectivity index is 1.33. The molecule has 0 aromatic heterocycles. The molecule has 140 valence electrons. The van der Waals surface area contributed by atoms with E-state index in [2.05, 4.69) is 12.1 Å². The second-order valence-corrected chi connectivity index (χ2v) is 8.58. The third-order valence-electron chi connectivity index (χ3n) is 6.90. The van der Waals surface area contributed by atoms with E-state index in [-0.39, 0.29) is 11.3 Å². The topological polar surface area (TPSA) is 46.5 Å². The number of carbonyl (C=O) groups is 1. The molecule has 3 nitrogen and oxygen atoms in total. The second-order valence-electron chi connectivity index (χ2n) is 8.58. The Hall–Kier alpha value is -2.36. The van der Waals surface area contributed by atoms with Crippen molar-refractivity contribution in [3.05, 3.63) is 59.4 Å². The molecule has 27 heavy (non-hydrogen) atoms. The van der Waals surface area contributed by atoms with E-state index in [4.69, 9.17) is 9.84 Å². The maximum atomic E-state index is 14.1. The summed E-state index contributed by atoms with van der Waals surface area (Å²) >= 11 is 0. The number of carboxylic acids is 1. The number of carboxylic acid groups (broad SMARTS) is 1. The van der Waals surface area contributed by atoms with Crippen molar-refractivity contribution in [1.82, 2.24) is 0 Å². The van der Waals surface area contributed by atoms with Crippen LogP contribution < -0.4 is 4.74 Å². The van der Waals surface area contributed by atoms with Crippen LogP contribution in [0.1, 0.15) is 53.9 Å². The highest BCUT2D eigenvalue weighted by molar-refractivity contribution is 5.87. The molecule has 0 atom stereocenters. The van der Waals surface area contributed by atoms with Gasteiger partial charge in [0.15, 0.2) is 11.6 Å². The lowest BCUT2D eigenvalue weighted by atomic mass is 9.51. The predicted octanol–water partition coefficient (Wildman–Crippen LogP) is 5.86. The van der Waals surface area contributed by atoms with Gasteiger partial charge in [0.05, 0.1) is 5.56 Å². The molecule has 4 aliphatic rings. The Labute approximate surface area is 158 Å². The van der Waals surface area contributed by atoms with Gasteiger partial charge in [0.1, 0.15) is 5.75 Å².